The van der Waals surface area contributed by atoms with E-state index in [4.69, 9.17) is 5.11 Å². The van der Waals surface area contributed by atoms with Gasteiger partial charge in [-0.3, -0.25) is 0 Å². The number of halogens is 1. The standard InChI is InChI=1S/C13H17FO3/c1-8(17-12(15)16)9-5-10(13(2,3)4)7-11(14)6-9/h5-8H,1-4H3,(H,15,16). The maximum absolute atomic E-state index is 13.5. The first-order valence-corrected chi connectivity index (χ1v) is 5.40. The molecule has 94 valence electrons. The number of carbonyl (C=O) groups is 1. The van der Waals surface area contributed by atoms with Gasteiger partial charge in [-0.1, -0.05) is 26.8 Å². The molecule has 1 unspecified atom stereocenters. The lowest BCUT2D eigenvalue weighted by Crippen LogP contribution is -2.13. The Kier molecular flexibility index (Phi) is 3.76. The highest BCUT2D eigenvalue weighted by molar-refractivity contribution is 5.57. The summed E-state index contributed by atoms with van der Waals surface area (Å²) in [6, 6.07) is 4.52. The van der Waals surface area contributed by atoms with Crippen molar-refractivity contribution in [2.75, 3.05) is 0 Å². The van der Waals surface area contributed by atoms with Crippen LogP contribution >= 0.6 is 0 Å². The molecule has 1 rings (SSSR count). The van der Waals surface area contributed by atoms with Crippen molar-refractivity contribution in [1.29, 1.82) is 0 Å². The summed E-state index contributed by atoms with van der Waals surface area (Å²) < 4.78 is 18.1. The van der Waals surface area contributed by atoms with Gasteiger partial charge in [-0.2, -0.15) is 0 Å². The van der Waals surface area contributed by atoms with Gasteiger partial charge in [0.2, 0.25) is 0 Å². The Hall–Kier alpha value is -1.58. The first-order valence-electron chi connectivity index (χ1n) is 5.40. The molecular formula is C13H17FO3. The molecule has 0 aliphatic rings. The summed E-state index contributed by atoms with van der Waals surface area (Å²) in [5.41, 5.74) is 1.14. The van der Waals surface area contributed by atoms with Crippen LogP contribution in [0.3, 0.4) is 0 Å². The second-order valence-electron chi connectivity index (χ2n) is 5.05. The Labute approximate surface area is 100 Å². The molecule has 0 aromatic heterocycles. The fourth-order valence-corrected chi connectivity index (χ4v) is 1.50. The van der Waals surface area contributed by atoms with Gasteiger partial charge in [0.15, 0.2) is 0 Å². The van der Waals surface area contributed by atoms with Crippen LogP contribution in [0.15, 0.2) is 18.2 Å². The highest BCUT2D eigenvalue weighted by Crippen LogP contribution is 2.27. The van der Waals surface area contributed by atoms with Crippen LogP contribution in [0.5, 0.6) is 0 Å². The Morgan fingerprint density at radius 3 is 2.41 bits per heavy atom. The van der Waals surface area contributed by atoms with Crippen molar-refractivity contribution in [1.82, 2.24) is 0 Å². The number of ether oxygens (including phenoxy) is 1. The van der Waals surface area contributed by atoms with Gasteiger partial charge in [-0.15, -0.1) is 0 Å². The van der Waals surface area contributed by atoms with Gasteiger partial charge >= 0.3 is 6.16 Å². The molecule has 17 heavy (non-hydrogen) atoms. The van der Waals surface area contributed by atoms with E-state index in [0.717, 1.165) is 5.56 Å². The van der Waals surface area contributed by atoms with E-state index < -0.39 is 12.3 Å². The van der Waals surface area contributed by atoms with E-state index in [1.165, 1.54) is 12.1 Å². The van der Waals surface area contributed by atoms with Crippen LogP contribution in [-0.4, -0.2) is 11.3 Å². The molecule has 4 heteroatoms. The molecule has 0 fully saturated rings. The third-order valence-electron chi connectivity index (χ3n) is 2.53. The number of carboxylic acid groups (broad SMARTS) is 1. The molecule has 0 spiro atoms. The van der Waals surface area contributed by atoms with E-state index in [2.05, 4.69) is 4.74 Å². The molecule has 3 nitrogen and oxygen atoms in total. The molecule has 1 aromatic rings. The smallest absolute Gasteiger partial charge is 0.450 e. The van der Waals surface area contributed by atoms with Crippen molar-refractivity contribution >= 4 is 6.16 Å². The van der Waals surface area contributed by atoms with E-state index in [1.54, 1.807) is 13.0 Å². The van der Waals surface area contributed by atoms with E-state index in [-0.39, 0.29) is 11.2 Å². The second-order valence-corrected chi connectivity index (χ2v) is 5.05. The average molecular weight is 240 g/mol. The molecule has 1 atom stereocenters. The Balaban J connectivity index is 3.09. The quantitative estimate of drug-likeness (QED) is 0.798. The van der Waals surface area contributed by atoms with Crippen LogP contribution in [-0.2, 0) is 10.2 Å². The minimum atomic E-state index is -1.36. The number of rotatable bonds is 2. The summed E-state index contributed by atoms with van der Waals surface area (Å²) in [5, 5.41) is 8.53. The molecule has 0 amide bonds. The lowest BCUT2D eigenvalue weighted by atomic mass is 9.85. The van der Waals surface area contributed by atoms with Crippen LogP contribution in [0.25, 0.3) is 0 Å². The van der Waals surface area contributed by atoms with Crippen molar-refractivity contribution in [2.24, 2.45) is 0 Å². The van der Waals surface area contributed by atoms with Gasteiger partial charge in [0, 0.05) is 0 Å². The molecular weight excluding hydrogens is 223 g/mol. The lowest BCUT2D eigenvalue weighted by Gasteiger charge is -2.21. The van der Waals surface area contributed by atoms with Gasteiger partial charge < -0.3 is 9.84 Å². The summed E-state index contributed by atoms with van der Waals surface area (Å²) in [5.74, 6) is -0.381. The maximum atomic E-state index is 13.5. The minimum Gasteiger partial charge on any atom is -0.450 e. The van der Waals surface area contributed by atoms with E-state index >= 15 is 0 Å². The van der Waals surface area contributed by atoms with Crippen molar-refractivity contribution in [3.63, 3.8) is 0 Å². The largest absolute Gasteiger partial charge is 0.506 e. The summed E-state index contributed by atoms with van der Waals surface area (Å²) in [7, 11) is 0. The summed E-state index contributed by atoms with van der Waals surface area (Å²) >= 11 is 0. The first-order chi connectivity index (χ1) is 7.70. The fourth-order valence-electron chi connectivity index (χ4n) is 1.50. The van der Waals surface area contributed by atoms with Crippen LogP contribution in [0.2, 0.25) is 0 Å². The average Bonchev–Trinajstić information content (AvgIpc) is 2.14. The molecule has 0 aliphatic heterocycles. The van der Waals surface area contributed by atoms with Crippen LogP contribution in [0, 0.1) is 5.82 Å². The summed E-state index contributed by atoms with van der Waals surface area (Å²) in [6.45, 7) is 7.48. The van der Waals surface area contributed by atoms with Crippen LogP contribution in [0.4, 0.5) is 9.18 Å². The van der Waals surface area contributed by atoms with Gasteiger partial charge in [-0.25, -0.2) is 9.18 Å². The van der Waals surface area contributed by atoms with Crippen molar-refractivity contribution in [2.45, 2.75) is 39.2 Å². The van der Waals surface area contributed by atoms with Gasteiger partial charge in [0.25, 0.3) is 0 Å². The third-order valence-corrected chi connectivity index (χ3v) is 2.53. The normalized spacial score (nSPS) is 13.2. The summed E-state index contributed by atoms with van der Waals surface area (Å²) in [6.07, 6.45) is -2.04. The zero-order valence-electron chi connectivity index (χ0n) is 10.5. The van der Waals surface area contributed by atoms with E-state index in [0.29, 0.717) is 5.56 Å². The van der Waals surface area contributed by atoms with Gasteiger partial charge in [0.1, 0.15) is 11.9 Å². The molecule has 1 aromatic carbocycles. The molecule has 0 saturated carbocycles. The molecule has 1 N–H and O–H groups in total. The highest BCUT2D eigenvalue weighted by Gasteiger charge is 2.18. The van der Waals surface area contributed by atoms with Crippen molar-refractivity contribution in [3.8, 4) is 0 Å². The third kappa shape index (κ3) is 3.73. The second kappa shape index (κ2) is 4.73. The zero-order valence-corrected chi connectivity index (χ0v) is 10.5. The highest BCUT2D eigenvalue weighted by atomic mass is 19.1. The van der Waals surface area contributed by atoms with E-state index in [9.17, 15) is 9.18 Å². The first kappa shape index (κ1) is 13.5. The van der Waals surface area contributed by atoms with Gasteiger partial charge in [-0.05, 0) is 35.6 Å². The molecule has 0 aliphatic carbocycles. The topological polar surface area (TPSA) is 46.5 Å². The monoisotopic (exact) mass is 240 g/mol. The van der Waals surface area contributed by atoms with Gasteiger partial charge in [0.05, 0.1) is 0 Å². The van der Waals surface area contributed by atoms with E-state index in [1.807, 2.05) is 20.8 Å². The number of hydrogen-bond acceptors (Lipinski definition) is 2. The Morgan fingerprint density at radius 1 is 1.35 bits per heavy atom. The molecule has 0 heterocycles. The Morgan fingerprint density at radius 2 is 1.94 bits per heavy atom. The minimum absolute atomic E-state index is 0.195. The predicted molar refractivity (Wildman–Crippen MR) is 62.6 cm³/mol. The SMILES string of the molecule is CC(OC(=O)O)c1cc(F)cc(C(C)(C)C)c1. The van der Waals surface area contributed by atoms with Crippen LogP contribution < -0.4 is 0 Å². The van der Waals surface area contributed by atoms with Crippen LogP contribution in [0.1, 0.15) is 44.9 Å². The predicted octanol–water partition coefficient (Wildman–Crippen LogP) is 3.88. The van der Waals surface area contributed by atoms with Crippen molar-refractivity contribution in [3.05, 3.63) is 35.1 Å². The zero-order chi connectivity index (χ0) is 13.2. The lowest BCUT2D eigenvalue weighted by molar-refractivity contribution is 0.0585. The fraction of sp³-hybridized carbons (Fsp3) is 0.462. The number of hydrogen-bond donors (Lipinski definition) is 1. The maximum Gasteiger partial charge on any atom is 0.506 e. The molecule has 0 bridgehead atoms. The Bertz CT molecular complexity index is 421. The van der Waals surface area contributed by atoms with Crippen molar-refractivity contribution < 1.29 is 19.0 Å². The molecule has 0 radical (unpaired) electrons. The summed E-state index contributed by atoms with van der Waals surface area (Å²) in [4.78, 5) is 10.4. The number of benzene rings is 1. The molecule has 0 saturated heterocycles.